The second kappa shape index (κ2) is 7.52. The van der Waals surface area contributed by atoms with E-state index in [0.29, 0.717) is 28.2 Å². The highest BCUT2D eigenvalue weighted by Gasteiger charge is 2.42. The number of carbonyl (C=O) groups is 2. The van der Waals surface area contributed by atoms with Crippen LogP contribution in [-0.4, -0.2) is 25.5 Å². The first kappa shape index (κ1) is 19.5. The molecule has 0 spiro atoms. The number of rotatable bonds is 4. The molecule has 0 fully saturated rings. The van der Waals surface area contributed by atoms with E-state index < -0.39 is 11.9 Å². The van der Waals surface area contributed by atoms with E-state index in [1.165, 1.54) is 0 Å². The van der Waals surface area contributed by atoms with E-state index in [4.69, 9.17) is 9.47 Å². The third kappa shape index (κ3) is 3.08. The molecule has 148 valence electrons. The fourth-order valence-electron chi connectivity index (χ4n) is 4.00. The molecular weight excluding hydrogens is 434 g/mol. The summed E-state index contributed by atoms with van der Waals surface area (Å²) >= 11 is 3.52. The van der Waals surface area contributed by atoms with Crippen LogP contribution in [0.4, 0.5) is 0 Å². The molecule has 2 aliphatic rings. The van der Waals surface area contributed by atoms with Gasteiger partial charge in [0.05, 0.1) is 29.5 Å². The van der Waals surface area contributed by atoms with Gasteiger partial charge in [0.1, 0.15) is 5.75 Å². The van der Waals surface area contributed by atoms with Gasteiger partial charge in [-0.15, -0.1) is 0 Å². The number of allylic oxidation sites excluding steroid dienone is 2. The minimum absolute atomic E-state index is 0.0747. The van der Waals surface area contributed by atoms with Crippen LogP contribution in [0.3, 0.4) is 0 Å². The van der Waals surface area contributed by atoms with Gasteiger partial charge < -0.3 is 14.8 Å². The summed E-state index contributed by atoms with van der Waals surface area (Å²) in [6.07, 6.45) is 0. The van der Waals surface area contributed by atoms with Crippen molar-refractivity contribution in [2.24, 2.45) is 0 Å². The van der Waals surface area contributed by atoms with Crippen molar-refractivity contribution in [1.82, 2.24) is 5.32 Å². The minimum atomic E-state index is -0.535. The number of fused-ring (bicyclic) bond motifs is 2. The number of carbonyl (C=O) groups excluding carboxylic acids is 2. The monoisotopic (exact) mass is 453 g/mol. The fourth-order valence-corrected chi connectivity index (χ4v) is 4.56. The SMILES string of the molecule is CCOC(=O)C1=C(C)NC2=C(C(=O)c3ccccc32)[C@@H]1c1ccc(OC)c(Br)c1. The first-order valence-electron chi connectivity index (χ1n) is 9.34. The van der Waals surface area contributed by atoms with Crippen LogP contribution in [-0.2, 0) is 9.53 Å². The Morgan fingerprint density at radius 3 is 2.55 bits per heavy atom. The second-order valence-corrected chi connectivity index (χ2v) is 7.73. The molecule has 5 nitrogen and oxygen atoms in total. The molecule has 1 N–H and O–H groups in total. The number of hydrogen-bond donors (Lipinski definition) is 1. The number of methoxy groups -OCH3 is 1. The number of hydrogen-bond acceptors (Lipinski definition) is 5. The van der Waals surface area contributed by atoms with Gasteiger partial charge in [-0.25, -0.2) is 4.79 Å². The molecule has 0 radical (unpaired) electrons. The Morgan fingerprint density at radius 1 is 1.17 bits per heavy atom. The minimum Gasteiger partial charge on any atom is -0.496 e. The van der Waals surface area contributed by atoms with Gasteiger partial charge >= 0.3 is 5.97 Å². The number of benzene rings is 2. The third-order valence-electron chi connectivity index (χ3n) is 5.25. The molecule has 0 bridgehead atoms. The summed E-state index contributed by atoms with van der Waals surface area (Å²) in [5.74, 6) is -0.359. The predicted octanol–water partition coefficient (Wildman–Crippen LogP) is 4.59. The van der Waals surface area contributed by atoms with Crippen molar-refractivity contribution in [2.45, 2.75) is 19.8 Å². The van der Waals surface area contributed by atoms with Crippen LogP contribution in [0, 0.1) is 0 Å². The Kier molecular flexibility index (Phi) is 5.04. The molecule has 6 heteroatoms. The molecule has 1 aliphatic carbocycles. The number of esters is 1. The van der Waals surface area contributed by atoms with E-state index in [-0.39, 0.29) is 12.4 Å². The average molecular weight is 454 g/mol. The highest BCUT2D eigenvalue weighted by Crippen LogP contribution is 2.47. The van der Waals surface area contributed by atoms with Gasteiger partial charge in [0.15, 0.2) is 5.78 Å². The summed E-state index contributed by atoms with van der Waals surface area (Å²) in [4.78, 5) is 26.2. The maximum absolute atomic E-state index is 13.3. The largest absolute Gasteiger partial charge is 0.496 e. The second-order valence-electron chi connectivity index (χ2n) is 6.87. The summed E-state index contributed by atoms with van der Waals surface area (Å²) in [7, 11) is 1.59. The van der Waals surface area contributed by atoms with Crippen molar-refractivity contribution in [2.75, 3.05) is 13.7 Å². The van der Waals surface area contributed by atoms with Gasteiger partial charge in [0, 0.05) is 28.3 Å². The summed E-state index contributed by atoms with van der Waals surface area (Å²) < 4.78 is 11.4. The average Bonchev–Trinajstić information content (AvgIpc) is 2.99. The Bertz CT molecular complexity index is 1100. The number of Topliss-reactive ketones (excluding diaryl/α,β-unsaturated/α-hetero) is 1. The van der Waals surface area contributed by atoms with E-state index in [1.54, 1.807) is 14.0 Å². The molecular formula is C23H20BrNO4. The Hall–Kier alpha value is -2.86. The van der Waals surface area contributed by atoms with Gasteiger partial charge in [0.25, 0.3) is 0 Å². The molecule has 4 rings (SSSR count). The lowest BCUT2D eigenvalue weighted by molar-refractivity contribution is -0.138. The summed E-state index contributed by atoms with van der Waals surface area (Å²) in [6, 6.07) is 13.1. The van der Waals surface area contributed by atoms with E-state index in [9.17, 15) is 9.59 Å². The molecule has 2 aromatic carbocycles. The zero-order chi connectivity index (χ0) is 20.7. The van der Waals surface area contributed by atoms with Crippen molar-refractivity contribution >= 4 is 33.4 Å². The molecule has 1 aliphatic heterocycles. The Labute approximate surface area is 177 Å². The van der Waals surface area contributed by atoms with Crippen LogP contribution in [0.15, 0.2) is 63.8 Å². The Morgan fingerprint density at radius 2 is 1.90 bits per heavy atom. The van der Waals surface area contributed by atoms with Crippen molar-refractivity contribution in [1.29, 1.82) is 0 Å². The first-order valence-corrected chi connectivity index (χ1v) is 10.1. The van der Waals surface area contributed by atoms with E-state index in [2.05, 4.69) is 21.2 Å². The van der Waals surface area contributed by atoms with Crippen LogP contribution in [0.2, 0.25) is 0 Å². The molecule has 0 amide bonds. The van der Waals surface area contributed by atoms with Gasteiger partial charge in [-0.05, 0) is 47.5 Å². The summed E-state index contributed by atoms with van der Waals surface area (Å²) in [6.45, 7) is 3.87. The maximum Gasteiger partial charge on any atom is 0.336 e. The fraction of sp³-hybridized carbons (Fsp3) is 0.217. The van der Waals surface area contributed by atoms with Crippen molar-refractivity contribution < 1.29 is 19.1 Å². The van der Waals surface area contributed by atoms with Crippen LogP contribution in [0.5, 0.6) is 5.75 Å². The highest BCUT2D eigenvalue weighted by molar-refractivity contribution is 9.10. The third-order valence-corrected chi connectivity index (χ3v) is 5.87. The molecule has 0 aromatic heterocycles. The lowest BCUT2D eigenvalue weighted by Crippen LogP contribution is -2.29. The zero-order valence-electron chi connectivity index (χ0n) is 16.3. The van der Waals surface area contributed by atoms with Crippen LogP contribution in [0.1, 0.15) is 41.3 Å². The Balaban J connectivity index is 1.93. The van der Waals surface area contributed by atoms with E-state index >= 15 is 0 Å². The molecule has 1 heterocycles. The zero-order valence-corrected chi connectivity index (χ0v) is 17.9. The maximum atomic E-state index is 13.3. The van der Waals surface area contributed by atoms with Crippen LogP contribution >= 0.6 is 15.9 Å². The molecule has 1 atom stereocenters. The lowest BCUT2D eigenvalue weighted by atomic mass is 9.80. The van der Waals surface area contributed by atoms with Crippen molar-refractivity contribution in [3.05, 3.63) is 80.5 Å². The predicted molar refractivity (Wildman–Crippen MR) is 114 cm³/mol. The van der Waals surface area contributed by atoms with E-state index in [0.717, 1.165) is 21.3 Å². The van der Waals surface area contributed by atoms with Crippen LogP contribution in [0.25, 0.3) is 5.70 Å². The normalized spacial score (nSPS) is 17.7. The first-order chi connectivity index (χ1) is 14.0. The number of ether oxygens (including phenoxy) is 2. The van der Waals surface area contributed by atoms with Crippen molar-refractivity contribution in [3.8, 4) is 5.75 Å². The van der Waals surface area contributed by atoms with Crippen LogP contribution < -0.4 is 10.1 Å². The summed E-state index contributed by atoms with van der Waals surface area (Å²) in [5, 5.41) is 3.29. The van der Waals surface area contributed by atoms with Gasteiger partial charge in [-0.1, -0.05) is 30.3 Å². The molecule has 0 unspecified atom stereocenters. The lowest BCUT2D eigenvalue weighted by Gasteiger charge is -2.29. The standard InChI is InChI=1S/C23H20BrNO4/c1-4-29-23(27)18-12(2)25-21-14-7-5-6-8-15(14)22(26)20(21)19(18)13-9-10-17(28-3)16(24)11-13/h5-11,19,25H,4H2,1-3H3/t19-/m1/s1. The highest BCUT2D eigenvalue weighted by atomic mass is 79.9. The molecule has 29 heavy (non-hydrogen) atoms. The van der Waals surface area contributed by atoms with Gasteiger partial charge in [-0.2, -0.15) is 0 Å². The topological polar surface area (TPSA) is 64.6 Å². The van der Waals surface area contributed by atoms with Gasteiger partial charge in [0.2, 0.25) is 0 Å². The number of nitrogens with one attached hydrogen (secondary N) is 1. The summed E-state index contributed by atoms with van der Waals surface area (Å²) in [5.41, 5.74) is 4.76. The molecule has 0 saturated heterocycles. The van der Waals surface area contributed by atoms with Crippen molar-refractivity contribution in [3.63, 3.8) is 0 Å². The number of ketones is 1. The number of halogens is 1. The smallest absolute Gasteiger partial charge is 0.336 e. The molecule has 0 saturated carbocycles. The number of dihydropyridines is 1. The molecule has 2 aromatic rings. The van der Waals surface area contributed by atoms with Gasteiger partial charge in [-0.3, -0.25) is 4.79 Å². The quantitative estimate of drug-likeness (QED) is 0.685. The van der Waals surface area contributed by atoms with E-state index in [1.807, 2.05) is 49.4 Å².